The van der Waals surface area contributed by atoms with Gasteiger partial charge in [0.2, 0.25) is 0 Å². The molecule has 0 aromatic heterocycles. The standard InChI is InChI=1S/C16H31NO2/c1-4-19-15-10-14(16(15,2)3)17-11-13(18)9-12-7-5-6-8-12/h12-15,17-18H,4-11H2,1-3H3. The second kappa shape index (κ2) is 6.55. The van der Waals surface area contributed by atoms with Crippen LogP contribution in [0.5, 0.6) is 0 Å². The van der Waals surface area contributed by atoms with Gasteiger partial charge in [-0.25, -0.2) is 0 Å². The summed E-state index contributed by atoms with van der Waals surface area (Å²) in [5.41, 5.74) is 0.198. The maximum absolute atomic E-state index is 10.1. The Hall–Kier alpha value is -0.120. The smallest absolute Gasteiger partial charge is 0.0667 e. The second-order valence-electron chi connectivity index (χ2n) is 7.00. The van der Waals surface area contributed by atoms with Crippen molar-refractivity contribution < 1.29 is 9.84 Å². The molecule has 0 aromatic rings. The Labute approximate surface area is 118 Å². The van der Waals surface area contributed by atoms with E-state index in [1.54, 1.807) is 0 Å². The topological polar surface area (TPSA) is 41.5 Å². The van der Waals surface area contributed by atoms with Crippen LogP contribution in [0.2, 0.25) is 0 Å². The molecule has 2 saturated carbocycles. The van der Waals surface area contributed by atoms with Crippen LogP contribution in [-0.2, 0) is 4.74 Å². The van der Waals surface area contributed by atoms with Crippen LogP contribution in [0.1, 0.15) is 59.3 Å². The average molecular weight is 269 g/mol. The van der Waals surface area contributed by atoms with E-state index in [0.717, 1.165) is 31.9 Å². The van der Waals surface area contributed by atoms with Gasteiger partial charge >= 0.3 is 0 Å². The molecule has 2 aliphatic carbocycles. The normalized spacial score (nSPS) is 32.2. The molecule has 0 saturated heterocycles. The second-order valence-corrected chi connectivity index (χ2v) is 7.00. The maximum atomic E-state index is 10.1. The van der Waals surface area contributed by atoms with Gasteiger partial charge in [-0.3, -0.25) is 0 Å². The first-order valence-corrected chi connectivity index (χ1v) is 8.07. The first-order chi connectivity index (χ1) is 9.04. The molecule has 0 radical (unpaired) electrons. The molecule has 2 fully saturated rings. The van der Waals surface area contributed by atoms with E-state index < -0.39 is 0 Å². The van der Waals surface area contributed by atoms with Gasteiger partial charge in [-0.15, -0.1) is 0 Å². The van der Waals surface area contributed by atoms with Crippen molar-refractivity contribution in [2.24, 2.45) is 11.3 Å². The lowest BCUT2D eigenvalue weighted by molar-refractivity contribution is -0.115. The monoisotopic (exact) mass is 269 g/mol. The lowest BCUT2D eigenvalue weighted by Crippen LogP contribution is -2.61. The summed E-state index contributed by atoms with van der Waals surface area (Å²) in [6.07, 6.45) is 7.61. The van der Waals surface area contributed by atoms with Crippen molar-refractivity contribution in [3.8, 4) is 0 Å². The van der Waals surface area contributed by atoms with E-state index in [0.29, 0.717) is 12.1 Å². The van der Waals surface area contributed by atoms with Crippen molar-refractivity contribution in [3.05, 3.63) is 0 Å². The predicted octanol–water partition coefficient (Wildman–Crippen LogP) is 2.72. The molecule has 19 heavy (non-hydrogen) atoms. The van der Waals surface area contributed by atoms with Crippen molar-refractivity contribution in [3.63, 3.8) is 0 Å². The van der Waals surface area contributed by atoms with Crippen LogP contribution in [-0.4, -0.2) is 36.5 Å². The van der Waals surface area contributed by atoms with Gasteiger partial charge in [-0.2, -0.15) is 0 Å². The van der Waals surface area contributed by atoms with Gasteiger partial charge in [-0.05, 0) is 25.7 Å². The number of aliphatic hydroxyl groups is 1. The number of aliphatic hydroxyl groups excluding tert-OH is 1. The van der Waals surface area contributed by atoms with E-state index >= 15 is 0 Å². The third kappa shape index (κ3) is 3.71. The van der Waals surface area contributed by atoms with Crippen LogP contribution in [0.15, 0.2) is 0 Å². The Morgan fingerprint density at radius 3 is 2.58 bits per heavy atom. The summed E-state index contributed by atoms with van der Waals surface area (Å²) in [5, 5.41) is 13.7. The van der Waals surface area contributed by atoms with Gasteiger partial charge < -0.3 is 15.2 Å². The van der Waals surface area contributed by atoms with Crippen LogP contribution in [0.4, 0.5) is 0 Å². The molecule has 2 N–H and O–H groups in total. The molecule has 0 heterocycles. The fraction of sp³-hybridized carbons (Fsp3) is 1.00. The van der Waals surface area contributed by atoms with Gasteiger partial charge in [0.05, 0.1) is 12.2 Å². The summed E-state index contributed by atoms with van der Waals surface area (Å²) in [7, 11) is 0. The molecule has 2 rings (SSSR count). The van der Waals surface area contributed by atoms with Crippen LogP contribution in [0, 0.1) is 11.3 Å². The molecule has 3 atom stereocenters. The zero-order valence-electron chi connectivity index (χ0n) is 12.8. The summed E-state index contributed by atoms with van der Waals surface area (Å²) >= 11 is 0. The van der Waals surface area contributed by atoms with Crippen molar-refractivity contribution in [2.45, 2.75) is 77.5 Å². The van der Waals surface area contributed by atoms with Crippen molar-refractivity contribution in [2.75, 3.05) is 13.2 Å². The molecule has 0 amide bonds. The number of nitrogens with one attached hydrogen (secondary N) is 1. The lowest BCUT2D eigenvalue weighted by atomic mass is 9.64. The average Bonchev–Trinajstić information content (AvgIpc) is 2.85. The molecule has 112 valence electrons. The molecule has 0 spiro atoms. The third-order valence-corrected chi connectivity index (χ3v) is 5.23. The molecule has 0 aliphatic heterocycles. The summed E-state index contributed by atoms with van der Waals surface area (Å²) in [5.74, 6) is 0.766. The van der Waals surface area contributed by atoms with Crippen molar-refractivity contribution >= 4 is 0 Å². The number of ether oxygens (including phenoxy) is 1. The highest BCUT2D eigenvalue weighted by atomic mass is 16.5. The first kappa shape index (κ1) is 15.3. The third-order valence-electron chi connectivity index (χ3n) is 5.23. The zero-order valence-corrected chi connectivity index (χ0v) is 12.8. The fourth-order valence-electron chi connectivity index (χ4n) is 3.71. The summed E-state index contributed by atoms with van der Waals surface area (Å²) in [4.78, 5) is 0. The highest BCUT2D eigenvalue weighted by Crippen LogP contribution is 2.42. The molecule has 3 heteroatoms. The zero-order chi connectivity index (χ0) is 13.9. The summed E-state index contributed by atoms with van der Waals surface area (Å²) in [6, 6.07) is 0.488. The van der Waals surface area contributed by atoms with E-state index in [1.165, 1.54) is 25.7 Å². The Bertz CT molecular complexity index is 274. The predicted molar refractivity (Wildman–Crippen MR) is 78.2 cm³/mol. The highest BCUT2D eigenvalue weighted by molar-refractivity contribution is 5.02. The SMILES string of the molecule is CCOC1CC(NCC(O)CC2CCCC2)C1(C)C. The first-order valence-electron chi connectivity index (χ1n) is 8.07. The van der Waals surface area contributed by atoms with Crippen LogP contribution < -0.4 is 5.32 Å². The van der Waals surface area contributed by atoms with E-state index in [1.807, 2.05) is 0 Å². The largest absolute Gasteiger partial charge is 0.392 e. The van der Waals surface area contributed by atoms with Gasteiger partial charge in [0, 0.05) is 24.6 Å². The van der Waals surface area contributed by atoms with Gasteiger partial charge in [0.15, 0.2) is 0 Å². The number of rotatable bonds is 7. The van der Waals surface area contributed by atoms with Gasteiger partial charge in [-0.1, -0.05) is 39.5 Å². The molecular weight excluding hydrogens is 238 g/mol. The molecular formula is C16H31NO2. The van der Waals surface area contributed by atoms with E-state index in [2.05, 4.69) is 26.1 Å². The number of hydrogen-bond acceptors (Lipinski definition) is 3. The Balaban J connectivity index is 1.65. The fourth-order valence-corrected chi connectivity index (χ4v) is 3.71. The quantitative estimate of drug-likeness (QED) is 0.746. The maximum Gasteiger partial charge on any atom is 0.0667 e. The molecule has 0 aromatic carbocycles. The van der Waals surface area contributed by atoms with E-state index in [9.17, 15) is 5.11 Å². The Morgan fingerprint density at radius 2 is 2.00 bits per heavy atom. The number of hydrogen-bond donors (Lipinski definition) is 2. The summed E-state index contributed by atoms with van der Waals surface area (Å²) < 4.78 is 5.74. The van der Waals surface area contributed by atoms with Crippen LogP contribution >= 0.6 is 0 Å². The van der Waals surface area contributed by atoms with Gasteiger partial charge in [0.1, 0.15) is 0 Å². The minimum atomic E-state index is -0.176. The van der Waals surface area contributed by atoms with Crippen LogP contribution in [0.25, 0.3) is 0 Å². The minimum absolute atomic E-state index is 0.176. The lowest BCUT2D eigenvalue weighted by Gasteiger charge is -2.52. The molecule has 3 unspecified atom stereocenters. The van der Waals surface area contributed by atoms with Crippen molar-refractivity contribution in [1.82, 2.24) is 5.32 Å². The molecule has 3 nitrogen and oxygen atoms in total. The van der Waals surface area contributed by atoms with E-state index in [4.69, 9.17) is 4.74 Å². The Kier molecular flexibility index (Phi) is 5.27. The van der Waals surface area contributed by atoms with Gasteiger partial charge in [0.25, 0.3) is 0 Å². The minimum Gasteiger partial charge on any atom is -0.392 e. The highest BCUT2D eigenvalue weighted by Gasteiger charge is 2.48. The van der Waals surface area contributed by atoms with Crippen molar-refractivity contribution in [1.29, 1.82) is 0 Å². The van der Waals surface area contributed by atoms with E-state index in [-0.39, 0.29) is 11.5 Å². The summed E-state index contributed by atoms with van der Waals surface area (Å²) in [6.45, 7) is 8.12. The Morgan fingerprint density at radius 1 is 1.32 bits per heavy atom. The molecule has 2 aliphatic rings. The molecule has 0 bridgehead atoms. The van der Waals surface area contributed by atoms with Crippen LogP contribution in [0.3, 0.4) is 0 Å².